The van der Waals surface area contributed by atoms with Gasteiger partial charge in [0, 0.05) is 12.5 Å². The standard InChI is InChI=1S/C27H32N2O5/c1-17-11-13-27(14-12-17,25(31)32)16-28-24(30)18(2)29-26(33)34-15-23-21-9-5-3-7-19(21)20-8-4-6-10-22(20)23/h3-10,17-18,23H,11-16H2,1-2H3,(H,28,30)(H,29,33)(H,31,32). The van der Waals surface area contributed by atoms with Crippen molar-refractivity contribution in [2.24, 2.45) is 11.3 Å². The molecule has 0 saturated heterocycles. The minimum Gasteiger partial charge on any atom is -0.481 e. The first-order valence-electron chi connectivity index (χ1n) is 11.9. The zero-order valence-electron chi connectivity index (χ0n) is 19.7. The first-order chi connectivity index (χ1) is 16.3. The van der Waals surface area contributed by atoms with E-state index in [1.165, 1.54) is 0 Å². The highest BCUT2D eigenvalue weighted by molar-refractivity contribution is 5.86. The highest BCUT2D eigenvalue weighted by Gasteiger charge is 2.41. The normalized spacial score (nSPS) is 22.2. The van der Waals surface area contributed by atoms with Crippen LogP contribution < -0.4 is 10.6 Å². The predicted octanol–water partition coefficient (Wildman–Crippen LogP) is 4.31. The number of alkyl carbamates (subject to hydrolysis) is 1. The van der Waals surface area contributed by atoms with Crippen LogP contribution in [0.5, 0.6) is 0 Å². The van der Waals surface area contributed by atoms with Crippen molar-refractivity contribution in [2.75, 3.05) is 13.2 Å². The summed E-state index contributed by atoms with van der Waals surface area (Å²) in [6.45, 7) is 3.90. The molecule has 0 bridgehead atoms. The van der Waals surface area contributed by atoms with Gasteiger partial charge in [-0.3, -0.25) is 9.59 Å². The number of benzene rings is 2. The molecule has 2 amide bonds. The molecule has 2 aliphatic rings. The van der Waals surface area contributed by atoms with Gasteiger partial charge in [0.2, 0.25) is 5.91 Å². The molecule has 0 aliphatic heterocycles. The molecule has 0 spiro atoms. The fraction of sp³-hybridized carbons (Fsp3) is 0.444. The Labute approximate surface area is 199 Å². The van der Waals surface area contributed by atoms with Gasteiger partial charge < -0.3 is 20.5 Å². The number of nitrogens with one attached hydrogen (secondary N) is 2. The van der Waals surface area contributed by atoms with Gasteiger partial charge in [0.1, 0.15) is 12.6 Å². The van der Waals surface area contributed by atoms with Crippen LogP contribution in [0.25, 0.3) is 11.1 Å². The molecular weight excluding hydrogens is 432 g/mol. The number of carboxylic acid groups (broad SMARTS) is 1. The Balaban J connectivity index is 1.30. The first-order valence-corrected chi connectivity index (χ1v) is 11.9. The SMILES string of the molecule is CC1CCC(CNC(=O)C(C)NC(=O)OCC2c3ccccc3-c3ccccc32)(C(=O)O)CC1. The maximum absolute atomic E-state index is 12.6. The third kappa shape index (κ3) is 4.79. The number of hydrogen-bond donors (Lipinski definition) is 3. The van der Waals surface area contributed by atoms with E-state index in [9.17, 15) is 19.5 Å². The molecule has 1 fully saturated rings. The van der Waals surface area contributed by atoms with Crippen LogP contribution >= 0.6 is 0 Å². The van der Waals surface area contributed by atoms with E-state index in [1.807, 2.05) is 36.4 Å². The summed E-state index contributed by atoms with van der Waals surface area (Å²) in [5.41, 5.74) is 3.57. The van der Waals surface area contributed by atoms with Crippen molar-refractivity contribution in [2.45, 2.75) is 51.5 Å². The second-order valence-corrected chi connectivity index (χ2v) is 9.68. The van der Waals surface area contributed by atoms with Gasteiger partial charge in [-0.2, -0.15) is 0 Å². The molecule has 2 aliphatic carbocycles. The maximum atomic E-state index is 12.6. The van der Waals surface area contributed by atoms with Crippen molar-refractivity contribution in [1.29, 1.82) is 0 Å². The molecule has 4 rings (SSSR count). The molecule has 0 heterocycles. The van der Waals surface area contributed by atoms with Gasteiger partial charge in [-0.15, -0.1) is 0 Å². The molecular formula is C27H32N2O5. The Morgan fingerprint density at radius 2 is 1.59 bits per heavy atom. The third-order valence-corrected chi connectivity index (χ3v) is 7.36. The molecule has 7 heteroatoms. The highest BCUT2D eigenvalue weighted by atomic mass is 16.5. The Hall–Kier alpha value is -3.35. The second-order valence-electron chi connectivity index (χ2n) is 9.68. The molecule has 1 unspecified atom stereocenters. The van der Waals surface area contributed by atoms with Crippen LogP contribution in [0, 0.1) is 11.3 Å². The number of carbonyl (C=O) groups excluding carboxylic acids is 2. The molecule has 2 aromatic carbocycles. The number of amides is 2. The lowest BCUT2D eigenvalue weighted by Gasteiger charge is -2.36. The monoisotopic (exact) mass is 464 g/mol. The number of ether oxygens (including phenoxy) is 1. The molecule has 34 heavy (non-hydrogen) atoms. The summed E-state index contributed by atoms with van der Waals surface area (Å²) in [5.74, 6) is -0.867. The molecule has 2 aromatic rings. The van der Waals surface area contributed by atoms with Gasteiger partial charge in [-0.1, -0.05) is 55.5 Å². The summed E-state index contributed by atoms with van der Waals surface area (Å²) >= 11 is 0. The molecule has 3 N–H and O–H groups in total. The van der Waals surface area contributed by atoms with E-state index in [0.29, 0.717) is 18.8 Å². The molecule has 7 nitrogen and oxygen atoms in total. The quantitative estimate of drug-likeness (QED) is 0.566. The van der Waals surface area contributed by atoms with Crippen LogP contribution in [0.15, 0.2) is 48.5 Å². The van der Waals surface area contributed by atoms with Crippen molar-refractivity contribution in [3.63, 3.8) is 0 Å². The minimum atomic E-state index is -0.939. The van der Waals surface area contributed by atoms with Crippen LogP contribution in [-0.2, 0) is 14.3 Å². The van der Waals surface area contributed by atoms with Gasteiger partial charge in [0.25, 0.3) is 0 Å². The Morgan fingerprint density at radius 3 is 2.15 bits per heavy atom. The average molecular weight is 465 g/mol. The number of hydrogen-bond acceptors (Lipinski definition) is 4. The van der Waals surface area contributed by atoms with Gasteiger partial charge in [-0.25, -0.2) is 4.79 Å². The van der Waals surface area contributed by atoms with E-state index in [2.05, 4.69) is 29.7 Å². The number of rotatable bonds is 7. The highest BCUT2D eigenvalue weighted by Crippen LogP contribution is 2.44. The van der Waals surface area contributed by atoms with Crippen molar-refractivity contribution < 1.29 is 24.2 Å². The minimum absolute atomic E-state index is 0.0601. The Kier molecular flexibility index (Phi) is 6.91. The lowest BCUT2D eigenvalue weighted by molar-refractivity contribution is -0.151. The number of fused-ring (bicyclic) bond motifs is 3. The zero-order valence-corrected chi connectivity index (χ0v) is 19.7. The van der Waals surface area contributed by atoms with Gasteiger partial charge in [0.15, 0.2) is 0 Å². The van der Waals surface area contributed by atoms with Crippen LogP contribution in [0.4, 0.5) is 4.79 Å². The van der Waals surface area contributed by atoms with Crippen molar-refractivity contribution in [1.82, 2.24) is 10.6 Å². The van der Waals surface area contributed by atoms with E-state index in [1.54, 1.807) is 6.92 Å². The van der Waals surface area contributed by atoms with E-state index in [4.69, 9.17) is 4.74 Å². The number of carboxylic acids is 1. The van der Waals surface area contributed by atoms with Crippen LogP contribution in [0.1, 0.15) is 56.6 Å². The van der Waals surface area contributed by atoms with Crippen molar-refractivity contribution >= 4 is 18.0 Å². The number of carbonyl (C=O) groups is 3. The third-order valence-electron chi connectivity index (χ3n) is 7.36. The Morgan fingerprint density at radius 1 is 1.03 bits per heavy atom. The van der Waals surface area contributed by atoms with E-state index >= 15 is 0 Å². The van der Waals surface area contributed by atoms with Crippen molar-refractivity contribution in [3.05, 3.63) is 59.7 Å². The molecule has 1 saturated carbocycles. The molecule has 180 valence electrons. The van der Waals surface area contributed by atoms with Crippen molar-refractivity contribution in [3.8, 4) is 11.1 Å². The summed E-state index contributed by atoms with van der Waals surface area (Å²) in [5, 5.41) is 15.0. The number of aliphatic carboxylic acids is 1. The Bertz CT molecular complexity index is 1030. The summed E-state index contributed by atoms with van der Waals surface area (Å²) < 4.78 is 5.50. The zero-order chi connectivity index (χ0) is 24.3. The van der Waals surface area contributed by atoms with Crippen LogP contribution in [0.2, 0.25) is 0 Å². The predicted molar refractivity (Wildman–Crippen MR) is 128 cm³/mol. The summed E-state index contributed by atoms with van der Waals surface area (Å²) in [6, 6.07) is 15.3. The molecule has 0 radical (unpaired) electrons. The molecule has 1 atom stereocenters. The van der Waals surface area contributed by atoms with Crippen LogP contribution in [-0.4, -0.2) is 42.3 Å². The fourth-order valence-corrected chi connectivity index (χ4v) is 5.07. The van der Waals surface area contributed by atoms with E-state index in [0.717, 1.165) is 35.1 Å². The van der Waals surface area contributed by atoms with E-state index in [-0.39, 0.29) is 19.1 Å². The maximum Gasteiger partial charge on any atom is 0.407 e. The van der Waals surface area contributed by atoms with Crippen LogP contribution in [0.3, 0.4) is 0 Å². The summed E-state index contributed by atoms with van der Waals surface area (Å²) in [7, 11) is 0. The van der Waals surface area contributed by atoms with E-state index < -0.39 is 29.4 Å². The van der Waals surface area contributed by atoms with Gasteiger partial charge in [-0.05, 0) is 60.8 Å². The fourth-order valence-electron chi connectivity index (χ4n) is 5.07. The summed E-state index contributed by atoms with van der Waals surface area (Å²) in [6.07, 6.45) is 2.06. The van der Waals surface area contributed by atoms with Gasteiger partial charge >= 0.3 is 12.1 Å². The smallest absolute Gasteiger partial charge is 0.407 e. The summed E-state index contributed by atoms with van der Waals surface area (Å²) in [4.78, 5) is 36.9. The van der Waals surface area contributed by atoms with Gasteiger partial charge in [0.05, 0.1) is 5.41 Å². The first kappa shape index (κ1) is 23.8. The second kappa shape index (κ2) is 9.87. The lowest BCUT2D eigenvalue weighted by Crippen LogP contribution is -2.50. The molecule has 0 aromatic heterocycles. The average Bonchev–Trinajstić information content (AvgIpc) is 3.16. The topological polar surface area (TPSA) is 105 Å². The lowest BCUT2D eigenvalue weighted by atomic mass is 9.71. The largest absolute Gasteiger partial charge is 0.481 e.